The average Bonchev–Trinajstić information content (AvgIpc) is 3.37. The summed E-state index contributed by atoms with van der Waals surface area (Å²) in [5, 5.41) is 27.3. The summed E-state index contributed by atoms with van der Waals surface area (Å²) in [4.78, 5) is 54.0. The van der Waals surface area contributed by atoms with E-state index in [0.717, 1.165) is 77.0 Å². The lowest BCUT2D eigenvalue weighted by Crippen LogP contribution is -2.64. The minimum atomic E-state index is -1.33. The molecule has 1 rings (SSSR count). The van der Waals surface area contributed by atoms with Crippen molar-refractivity contribution in [1.82, 2.24) is 10.6 Å². The predicted octanol–water partition coefficient (Wildman–Crippen LogP) is 15.7. The van der Waals surface area contributed by atoms with Crippen molar-refractivity contribution in [3.63, 3.8) is 0 Å². The van der Waals surface area contributed by atoms with Gasteiger partial charge in [0.2, 0.25) is 11.8 Å². The van der Waals surface area contributed by atoms with Gasteiger partial charge in [0.25, 0.3) is 0 Å². The van der Waals surface area contributed by atoms with Crippen molar-refractivity contribution in [2.45, 2.75) is 360 Å². The highest BCUT2D eigenvalue weighted by molar-refractivity contribution is 5.79. The Hall–Kier alpha value is -2.24. The number of hydrogen-bond donors (Lipinski definition) is 4. The molecule has 1 fully saturated rings. The van der Waals surface area contributed by atoms with Gasteiger partial charge < -0.3 is 35.1 Å². The predicted molar refractivity (Wildman–Crippen MR) is 301 cm³/mol. The van der Waals surface area contributed by atoms with E-state index in [2.05, 4.69) is 38.3 Å². The van der Waals surface area contributed by atoms with E-state index in [-0.39, 0.29) is 30.7 Å². The van der Waals surface area contributed by atoms with Crippen molar-refractivity contribution in [3.05, 3.63) is 6.61 Å². The summed E-state index contributed by atoms with van der Waals surface area (Å²) >= 11 is 0. The number of aliphatic hydroxyl groups excluding tert-OH is 2. The summed E-state index contributed by atoms with van der Waals surface area (Å²) in [6.07, 6.45) is 45.2. The van der Waals surface area contributed by atoms with Crippen LogP contribution in [0.4, 0.5) is 0 Å². The number of carbonyl (C=O) groups excluding carboxylic acids is 4. The van der Waals surface area contributed by atoms with Crippen molar-refractivity contribution < 1.29 is 43.6 Å². The maximum absolute atomic E-state index is 13.9. The van der Waals surface area contributed by atoms with Gasteiger partial charge in [0.05, 0.1) is 31.5 Å². The summed E-state index contributed by atoms with van der Waals surface area (Å²) in [5.41, 5.74) is 0. The summed E-state index contributed by atoms with van der Waals surface area (Å²) < 4.78 is 17.7. The van der Waals surface area contributed by atoms with E-state index in [1.54, 1.807) is 0 Å². The first-order chi connectivity index (χ1) is 35.7. The first-order valence-electron chi connectivity index (χ1n) is 31.4. The Morgan fingerprint density at radius 2 is 0.726 bits per heavy atom. The molecule has 6 atom stereocenters. The third-order valence-corrected chi connectivity index (χ3v) is 15.0. The molecule has 1 aliphatic rings. The number of esters is 2. The highest BCUT2D eigenvalue weighted by Gasteiger charge is 2.41. The smallest absolute Gasteiger partial charge is 0.306 e. The first kappa shape index (κ1) is 68.8. The monoisotopic (exact) mass is 1030 g/mol. The van der Waals surface area contributed by atoms with Gasteiger partial charge in [-0.2, -0.15) is 0 Å². The molecule has 0 bridgehead atoms. The maximum atomic E-state index is 13.9. The van der Waals surface area contributed by atoms with Gasteiger partial charge in [0.15, 0.2) is 0 Å². The van der Waals surface area contributed by atoms with Crippen LogP contribution < -0.4 is 10.6 Å². The average molecular weight is 1030 g/mol. The van der Waals surface area contributed by atoms with Gasteiger partial charge in [0.1, 0.15) is 31.0 Å². The lowest BCUT2D eigenvalue weighted by molar-refractivity contribution is -0.153. The molecule has 11 heteroatoms. The standard InChI is InChI=1S/C62H117N2O9/c1-5-9-13-17-21-25-27-31-35-39-43-47-59(68)72-53(45-41-37-33-29-23-19-15-11-7-3)49-57(66)63-55-52-71-56(51-65)62(70)61(55)64-58(67)50-54(46-42-38-34-30-24-20-16-12-8-4)73-60(69)48-44-40-36-32-28-26-22-18-14-10-6-2/h52-56,61-62,65,70H,5-51H2,1-4H3,(H,63,66)(H,64,67)/t53-,54-,55+,56-,61-,62-/m1/s1. The molecular formula is C62H117N2O9. The zero-order valence-electron chi connectivity index (χ0n) is 48.0. The minimum Gasteiger partial charge on any atom is -0.462 e. The Labute approximate surface area is 449 Å². The lowest BCUT2D eigenvalue weighted by atomic mass is 9.94. The Bertz CT molecular complexity index is 1280. The Morgan fingerprint density at radius 3 is 1.04 bits per heavy atom. The Balaban J connectivity index is 2.89. The second kappa shape index (κ2) is 50.6. The fourth-order valence-electron chi connectivity index (χ4n) is 10.3. The number of unbranched alkanes of at least 4 members (excludes halogenated alkanes) is 36. The molecule has 1 radical (unpaired) electrons. The van der Waals surface area contributed by atoms with Crippen LogP contribution in [0, 0.1) is 6.61 Å². The lowest BCUT2D eigenvalue weighted by Gasteiger charge is -2.40. The van der Waals surface area contributed by atoms with Crippen LogP contribution in [0.3, 0.4) is 0 Å². The molecule has 0 unspecified atom stereocenters. The molecule has 429 valence electrons. The van der Waals surface area contributed by atoms with Gasteiger partial charge in [-0.25, -0.2) is 0 Å². The number of hydrogen-bond acceptors (Lipinski definition) is 9. The number of aliphatic hydroxyl groups is 2. The van der Waals surface area contributed by atoms with Crippen molar-refractivity contribution >= 4 is 23.8 Å². The van der Waals surface area contributed by atoms with Crippen LogP contribution in [0.15, 0.2) is 0 Å². The SMILES string of the molecule is CCCCCCCCCCCCCC(=O)O[C@H](CCCCCCCCCCC)CC(=O)N[C@H]1[C@H](O)[C@@H](CO)O[CH][C@@H]1NC(=O)C[C@@H](CCCCCCCCCCC)OC(=O)CCCCCCCCCCCCC. The molecule has 0 spiro atoms. The molecule has 0 aromatic heterocycles. The minimum absolute atomic E-state index is 0.0541. The van der Waals surface area contributed by atoms with E-state index < -0.39 is 49.0 Å². The largest absolute Gasteiger partial charge is 0.462 e. The fraction of sp³-hybridized carbons (Fsp3) is 0.919. The molecule has 73 heavy (non-hydrogen) atoms. The van der Waals surface area contributed by atoms with Crippen LogP contribution in [0.25, 0.3) is 0 Å². The van der Waals surface area contributed by atoms with Crippen molar-refractivity contribution in [2.75, 3.05) is 6.61 Å². The fourth-order valence-corrected chi connectivity index (χ4v) is 10.3. The van der Waals surface area contributed by atoms with Crippen molar-refractivity contribution in [2.24, 2.45) is 0 Å². The molecule has 0 aromatic rings. The second-order valence-corrected chi connectivity index (χ2v) is 22.1. The molecule has 0 aromatic carbocycles. The van der Waals surface area contributed by atoms with Gasteiger partial charge in [0, 0.05) is 12.8 Å². The number of ether oxygens (including phenoxy) is 3. The number of nitrogens with one attached hydrogen (secondary N) is 2. The van der Waals surface area contributed by atoms with Crippen molar-refractivity contribution in [3.8, 4) is 0 Å². The number of amides is 2. The third kappa shape index (κ3) is 40.7. The van der Waals surface area contributed by atoms with E-state index in [1.165, 1.54) is 186 Å². The van der Waals surface area contributed by atoms with Crippen molar-refractivity contribution in [1.29, 1.82) is 0 Å². The van der Waals surface area contributed by atoms with Gasteiger partial charge in [-0.05, 0) is 38.5 Å². The molecule has 1 aliphatic heterocycles. The third-order valence-electron chi connectivity index (χ3n) is 15.0. The van der Waals surface area contributed by atoms with Gasteiger partial charge in [-0.3, -0.25) is 19.2 Å². The molecular weight excluding hydrogens is 917 g/mol. The molecule has 0 aliphatic carbocycles. The number of rotatable bonds is 53. The van der Waals surface area contributed by atoms with E-state index in [4.69, 9.17) is 14.2 Å². The normalized spacial score (nSPS) is 17.6. The Morgan fingerprint density at radius 1 is 0.438 bits per heavy atom. The van der Waals surface area contributed by atoms with Gasteiger partial charge in [-0.1, -0.05) is 259 Å². The number of carbonyl (C=O) groups is 4. The highest BCUT2D eigenvalue weighted by atomic mass is 16.5. The van der Waals surface area contributed by atoms with E-state index in [1.807, 2.05) is 0 Å². The van der Waals surface area contributed by atoms with E-state index in [9.17, 15) is 29.4 Å². The van der Waals surface area contributed by atoms with Gasteiger partial charge in [-0.15, -0.1) is 0 Å². The zero-order valence-corrected chi connectivity index (χ0v) is 48.0. The molecule has 1 saturated heterocycles. The molecule has 4 N–H and O–H groups in total. The molecule has 0 saturated carbocycles. The van der Waals surface area contributed by atoms with Crippen LogP contribution in [0.5, 0.6) is 0 Å². The van der Waals surface area contributed by atoms with Gasteiger partial charge >= 0.3 is 11.9 Å². The van der Waals surface area contributed by atoms with Crippen LogP contribution in [-0.4, -0.2) is 77.1 Å². The summed E-state index contributed by atoms with van der Waals surface area (Å²) in [7, 11) is 0. The molecule has 11 nitrogen and oxygen atoms in total. The van der Waals surface area contributed by atoms with Crippen LogP contribution in [0.2, 0.25) is 0 Å². The quantitative estimate of drug-likeness (QED) is 0.0343. The van der Waals surface area contributed by atoms with E-state index >= 15 is 0 Å². The van der Waals surface area contributed by atoms with Crippen LogP contribution in [0.1, 0.15) is 323 Å². The zero-order chi connectivity index (χ0) is 53.3. The maximum Gasteiger partial charge on any atom is 0.306 e. The molecule has 2 amide bonds. The molecule has 1 heterocycles. The van der Waals surface area contributed by atoms with Crippen LogP contribution in [-0.2, 0) is 33.4 Å². The summed E-state index contributed by atoms with van der Waals surface area (Å²) in [5.74, 6) is -1.37. The summed E-state index contributed by atoms with van der Waals surface area (Å²) in [6, 6.07) is -1.93. The van der Waals surface area contributed by atoms with E-state index in [0.29, 0.717) is 25.7 Å². The topological polar surface area (TPSA) is 160 Å². The first-order valence-corrected chi connectivity index (χ1v) is 31.4. The Kier molecular flexibility index (Phi) is 47.6. The van der Waals surface area contributed by atoms with Crippen LogP contribution >= 0.6 is 0 Å². The second-order valence-electron chi connectivity index (χ2n) is 22.1. The summed E-state index contributed by atoms with van der Waals surface area (Å²) in [6.45, 7) is 9.82. The highest BCUT2D eigenvalue weighted by Crippen LogP contribution is 2.23.